The Bertz CT molecular complexity index is 2850. The van der Waals surface area contributed by atoms with Gasteiger partial charge in [-0.05, 0) is 100 Å². The van der Waals surface area contributed by atoms with Gasteiger partial charge in [-0.3, -0.25) is 0 Å². The van der Waals surface area contributed by atoms with Gasteiger partial charge >= 0.3 is 0 Å². The van der Waals surface area contributed by atoms with Crippen LogP contribution in [0.3, 0.4) is 0 Å². The number of ether oxygens (including phenoxy) is 1. The zero-order valence-electron chi connectivity index (χ0n) is 30.3. The number of aryl methyl sites for hydroxylation is 1. The minimum atomic E-state index is 0.637. The first-order chi connectivity index (χ1) is 26.5. The Morgan fingerprint density at radius 3 is 2.50 bits per heavy atom. The molecular formula is C50H38N2OS. The molecule has 3 nitrogen and oxygen atoms in total. The van der Waals surface area contributed by atoms with Crippen LogP contribution in [0.1, 0.15) is 34.9 Å². The van der Waals surface area contributed by atoms with Crippen LogP contribution in [0.5, 0.6) is 5.75 Å². The Kier molecular flexibility index (Phi) is 8.82. The lowest BCUT2D eigenvalue weighted by Gasteiger charge is -2.10. The molecule has 1 aliphatic heterocycles. The molecule has 0 fully saturated rings. The molecule has 9 rings (SSSR count). The minimum absolute atomic E-state index is 0.637. The number of aromatic nitrogens is 2. The van der Waals surface area contributed by atoms with Gasteiger partial charge in [-0.2, -0.15) is 0 Å². The highest BCUT2D eigenvalue weighted by Crippen LogP contribution is 2.42. The summed E-state index contributed by atoms with van der Waals surface area (Å²) in [6.45, 7) is 8.47. The van der Waals surface area contributed by atoms with Gasteiger partial charge in [0.2, 0.25) is 0 Å². The van der Waals surface area contributed by atoms with Crippen LogP contribution in [0.25, 0.3) is 65.0 Å². The molecule has 2 aromatic heterocycles. The maximum Gasteiger partial charge on any atom is 0.175 e. The van der Waals surface area contributed by atoms with E-state index in [1.165, 1.54) is 64.3 Å². The predicted octanol–water partition coefficient (Wildman–Crippen LogP) is 13.4. The van der Waals surface area contributed by atoms with E-state index in [4.69, 9.17) is 9.72 Å². The fourth-order valence-electron chi connectivity index (χ4n) is 7.51. The molecule has 0 aliphatic carbocycles. The Hall–Kier alpha value is -6.36. The second-order valence-electron chi connectivity index (χ2n) is 14.0. The van der Waals surface area contributed by atoms with Gasteiger partial charge in [0.05, 0.1) is 12.1 Å². The second-order valence-corrected chi connectivity index (χ2v) is 15.1. The molecule has 260 valence electrons. The van der Waals surface area contributed by atoms with Crippen LogP contribution < -0.4 is 4.74 Å². The zero-order valence-corrected chi connectivity index (χ0v) is 31.2. The van der Waals surface area contributed by atoms with Gasteiger partial charge in [-0.25, -0.2) is 9.97 Å². The molecule has 0 spiro atoms. The molecule has 6 aromatic carbocycles. The zero-order chi connectivity index (χ0) is 36.6. The Balaban J connectivity index is 0.920. The van der Waals surface area contributed by atoms with Crippen molar-refractivity contribution in [2.24, 2.45) is 0 Å². The molecule has 3 heterocycles. The summed E-state index contributed by atoms with van der Waals surface area (Å²) in [6, 6.07) is 45.6. The molecule has 0 amide bonds. The Morgan fingerprint density at radius 1 is 0.796 bits per heavy atom. The molecule has 1 aliphatic rings. The lowest BCUT2D eigenvalue weighted by molar-refractivity contribution is 0.446. The van der Waals surface area contributed by atoms with Crippen LogP contribution in [0, 0.1) is 6.92 Å². The molecule has 0 N–H and O–H groups in total. The van der Waals surface area contributed by atoms with E-state index < -0.39 is 0 Å². The third-order valence-corrected chi connectivity index (χ3v) is 11.5. The Labute approximate surface area is 320 Å². The summed E-state index contributed by atoms with van der Waals surface area (Å²) >= 11 is 1.85. The van der Waals surface area contributed by atoms with E-state index in [0.717, 1.165) is 46.0 Å². The highest BCUT2D eigenvalue weighted by atomic mass is 32.1. The largest absolute Gasteiger partial charge is 0.457 e. The first-order valence-corrected chi connectivity index (χ1v) is 19.1. The summed E-state index contributed by atoms with van der Waals surface area (Å²) in [5.74, 6) is 1.62. The average Bonchev–Trinajstić information content (AvgIpc) is 3.81. The number of hydrogen-bond donors (Lipinski definition) is 0. The molecule has 0 unspecified atom stereocenters. The van der Waals surface area contributed by atoms with Crippen LogP contribution >= 0.6 is 11.3 Å². The van der Waals surface area contributed by atoms with Crippen LogP contribution in [0.15, 0.2) is 170 Å². The van der Waals surface area contributed by atoms with Crippen molar-refractivity contribution in [1.82, 2.24) is 9.97 Å². The third kappa shape index (κ3) is 6.46. The van der Waals surface area contributed by atoms with Crippen molar-refractivity contribution < 1.29 is 4.74 Å². The molecule has 0 atom stereocenters. The third-order valence-electron chi connectivity index (χ3n) is 10.3. The molecule has 0 saturated heterocycles. The van der Waals surface area contributed by atoms with Crippen molar-refractivity contribution >= 4 is 53.9 Å². The van der Waals surface area contributed by atoms with Gasteiger partial charge < -0.3 is 4.74 Å². The van der Waals surface area contributed by atoms with Crippen molar-refractivity contribution in [3.05, 3.63) is 198 Å². The molecule has 0 bridgehead atoms. The summed E-state index contributed by atoms with van der Waals surface area (Å²) in [5.41, 5.74) is 12.4. The molecule has 4 heteroatoms. The SMILES string of the molecule is C=C/C(=C\c1ccc(C/C(C)=C/C=C2\Cc3ncnc(-c4cccc(-c5cccc6c5sc5ccccc56)c4)c3O2)cc1C)c1ccc2ccccc2c1. The normalized spacial score (nSPS) is 13.9. The maximum atomic E-state index is 6.47. The van der Waals surface area contributed by atoms with E-state index in [-0.39, 0.29) is 0 Å². The summed E-state index contributed by atoms with van der Waals surface area (Å²) in [4.78, 5) is 9.33. The summed E-state index contributed by atoms with van der Waals surface area (Å²) in [5, 5.41) is 5.07. The van der Waals surface area contributed by atoms with Crippen molar-refractivity contribution in [3.8, 4) is 28.1 Å². The molecule has 8 aromatic rings. The highest BCUT2D eigenvalue weighted by Gasteiger charge is 2.24. The molecule has 0 saturated carbocycles. The summed E-state index contributed by atoms with van der Waals surface area (Å²) in [6.07, 6.45) is 11.6. The van der Waals surface area contributed by atoms with Crippen LogP contribution in [0.4, 0.5) is 0 Å². The van der Waals surface area contributed by atoms with Crippen molar-refractivity contribution in [2.75, 3.05) is 0 Å². The molecule has 54 heavy (non-hydrogen) atoms. The van der Waals surface area contributed by atoms with E-state index in [1.807, 2.05) is 17.4 Å². The highest BCUT2D eigenvalue weighted by molar-refractivity contribution is 7.26. The number of rotatable bonds is 8. The summed E-state index contributed by atoms with van der Waals surface area (Å²) in [7, 11) is 0. The van der Waals surface area contributed by atoms with Crippen molar-refractivity contribution in [3.63, 3.8) is 0 Å². The second kappa shape index (κ2) is 14.2. The number of benzene rings is 6. The topological polar surface area (TPSA) is 35.0 Å². The predicted molar refractivity (Wildman–Crippen MR) is 229 cm³/mol. The van der Waals surface area contributed by atoms with E-state index in [0.29, 0.717) is 6.42 Å². The van der Waals surface area contributed by atoms with Gasteiger partial charge in [-0.1, -0.05) is 133 Å². The van der Waals surface area contributed by atoms with E-state index in [1.54, 1.807) is 6.33 Å². The van der Waals surface area contributed by atoms with Gasteiger partial charge in [0.15, 0.2) is 5.75 Å². The number of hydrogen-bond acceptors (Lipinski definition) is 4. The van der Waals surface area contributed by atoms with Crippen LogP contribution in [-0.2, 0) is 12.8 Å². The first-order valence-electron chi connectivity index (χ1n) is 18.3. The van der Waals surface area contributed by atoms with Crippen LogP contribution in [0.2, 0.25) is 0 Å². The molecular weight excluding hydrogens is 677 g/mol. The smallest absolute Gasteiger partial charge is 0.175 e. The van der Waals surface area contributed by atoms with Gasteiger partial charge in [-0.15, -0.1) is 11.3 Å². The van der Waals surface area contributed by atoms with E-state index >= 15 is 0 Å². The fraction of sp³-hybridized carbons (Fsp3) is 0.0800. The standard InChI is InChI=1S/C50H38N2OS/c1-4-35(39-23-22-36-11-5-6-12-38(36)28-39)27-37-21-20-34(26-33(37)3)25-32(2)19-24-42-30-46-49(53-42)48(52-31-51-46)41-14-9-13-40(29-41)43-16-10-17-45-44-15-7-8-18-47(44)54-50(43)45/h4-24,26-29,31H,1,25,30H2,2-3H3/b32-19+,35-27+,42-24+. The maximum absolute atomic E-state index is 6.47. The molecule has 0 radical (unpaired) electrons. The van der Waals surface area contributed by atoms with Crippen LogP contribution in [-0.4, -0.2) is 9.97 Å². The number of fused-ring (bicyclic) bond motifs is 5. The van der Waals surface area contributed by atoms with Gasteiger partial charge in [0.1, 0.15) is 17.8 Å². The number of allylic oxidation sites excluding steroid dienone is 6. The van der Waals surface area contributed by atoms with E-state index in [2.05, 4.69) is 171 Å². The lowest BCUT2D eigenvalue weighted by Crippen LogP contribution is -1.93. The summed E-state index contributed by atoms with van der Waals surface area (Å²) < 4.78 is 9.07. The number of nitrogens with zero attached hydrogens (tertiary/aromatic N) is 2. The van der Waals surface area contributed by atoms with Crippen molar-refractivity contribution in [2.45, 2.75) is 26.7 Å². The first kappa shape index (κ1) is 33.5. The number of thiophene rings is 1. The van der Waals surface area contributed by atoms with Crippen molar-refractivity contribution in [1.29, 1.82) is 0 Å². The minimum Gasteiger partial charge on any atom is -0.457 e. The quantitative estimate of drug-likeness (QED) is 0.116. The lowest BCUT2D eigenvalue weighted by atomic mass is 9.96. The average molecular weight is 715 g/mol. The fourth-order valence-corrected chi connectivity index (χ4v) is 8.74. The monoisotopic (exact) mass is 714 g/mol. The van der Waals surface area contributed by atoms with Gasteiger partial charge in [0.25, 0.3) is 0 Å². The Morgan fingerprint density at radius 2 is 1.61 bits per heavy atom. The van der Waals surface area contributed by atoms with Gasteiger partial charge in [0, 0.05) is 25.7 Å². The van der Waals surface area contributed by atoms with E-state index in [9.17, 15) is 0 Å².